The number of amides is 3. The highest BCUT2D eigenvalue weighted by Crippen LogP contribution is 2.27. The lowest BCUT2D eigenvalue weighted by atomic mass is 9.93. The number of methoxy groups -OCH3 is 2. The molecule has 0 spiro atoms. The second-order valence-electron chi connectivity index (χ2n) is 7.34. The van der Waals surface area contributed by atoms with Crippen molar-refractivity contribution >= 4 is 17.6 Å². The molecule has 7 nitrogen and oxygen atoms in total. The second kappa shape index (κ2) is 10.5. The fourth-order valence-electron chi connectivity index (χ4n) is 3.62. The monoisotopic (exact) mass is 411 g/mol. The molecular formula is C23H29N3O4. The molecule has 0 aliphatic carbocycles. The molecule has 0 unspecified atom stereocenters. The van der Waals surface area contributed by atoms with Gasteiger partial charge in [0.2, 0.25) is 0 Å². The minimum absolute atomic E-state index is 0.0543. The molecule has 7 heteroatoms. The van der Waals surface area contributed by atoms with Crippen molar-refractivity contribution in [3.8, 4) is 11.5 Å². The van der Waals surface area contributed by atoms with Crippen LogP contribution in [0, 0.1) is 5.92 Å². The van der Waals surface area contributed by atoms with Crippen molar-refractivity contribution < 1.29 is 19.1 Å². The Bertz CT molecular complexity index is 849. The molecule has 0 saturated carbocycles. The van der Waals surface area contributed by atoms with E-state index in [2.05, 4.69) is 10.6 Å². The number of carbonyl (C=O) groups is 2. The van der Waals surface area contributed by atoms with Crippen LogP contribution in [0.2, 0.25) is 0 Å². The Morgan fingerprint density at radius 3 is 2.37 bits per heavy atom. The van der Waals surface area contributed by atoms with Crippen LogP contribution in [0.15, 0.2) is 48.5 Å². The lowest BCUT2D eigenvalue weighted by Crippen LogP contribution is -2.41. The minimum Gasteiger partial charge on any atom is -0.493 e. The third-order valence-corrected chi connectivity index (χ3v) is 5.41. The Morgan fingerprint density at radius 1 is 1.00 bits per heavy atom. The van der Waals surface area contributed by atoms with Crippen LogP contribution in [0.4, 0.5) is 10.5 Å². The van der Waals surface area contributed by atoms with Crippen LogP contribution in [0.25, 0.3) is 0 Å². The molecule has 2 N–H and O–H groups in total. The Labute approximate surface area is 177 Å². The summed E-state index contributed by atoms with van der Waals surface area (Å²) in [6, 6.07) is 14.6. The minimum atomic E-state index is -0.129. The third kappa shape index (κ3) is 5.65. The van der Waals surface area contributed by atoms with E-state index in [4.69, 9.17) is 9.47 Å². The molecule has 0 bridgehead atoms. The molecule has 1 fully saturated rings. The molecule has 1 saturated heterocycles. The van der Waals surface area contributed by atoms with E-state index in [0.717, 1.165) is 38.0 Å². The number of urea groups is 1. The molecule has 3 amide bonds. The summed E-state index contributed by atoms with van der Waals surface area (Å²) in [6.07, 6.45) is 2.77. The summed E-state index contributed by atoms with van der Waals surface area (Å²) < 4.78 is 10.5. The number of benzene rings is 2. The highest BCUT2D eigenvalue weighted by Gasteiger charge is 2.23. The summed E-state index contributed by atoms with van der Waals surface area (Å²) in [7, 11) is 3.11. The number of carbonyl (C=O) groups excluding carboxylic acids is 2. The maximum atomic E-state index is 12.4. The summed E-state index contributed by atoms with van der Waals surface area (Å²) in [4.78, 5) is 26.6. The van der Waals surface area contributed by atoms with Crippen molar-refractivity contribution in [3.05, 3.63) is 54.1 Å². The van der Waals surface area contributed by atoms with E-state index in [9.17, 15) is 9.59 Å². The summed E-state index contributed by atoms with van der Waals surface area (Å²) in [5.74, 6) is 1.50. The third-order valence-electron chi connectivity index (χ3n) is 5.41. The number of rotatable bonds is 7. The Hall–Kier alpha value is -3.22. The Morgan fingerprint density at radius 2 is 1.70 bits per heavy atom. The molecule has 2 aromatic carbocycles. The lowest BCUT2D eigenvalue weighted by molar-refractivity contribution is 0.0949. The number of nitrogens with one attached hydrogen (secondary N) is 2. The van der Waals surface area contributed by atoms with Crippen LogP contribution >= 0.6 is 0 Å². The molecule has 1 aliphatic heterocycles. The van der Waals surface area contributed by atoms with Crippen molar-refractivity contribution in [3.63, 3.8) is 0 Å². The molecule has 160 valence electrons. The zero-order valence-electron chi connectivity index (χ0n) is 17.5. The predicted molar refractivity (Wildman–Crippen MR) is 116 cm³/mol. The van der Waals surface area contributed by atoms with Crippen molar-refractivity contribution in [2.45, 2.75) is 19.3 Å². The number of hydrogen-bond donors (Lipinski definition) is 2. The largest absolute Gasteiger partial charge is 0.493 e. The molecular weight excluding hydrogens is 382 g/mol. The topological polar surface area (TPSA) is 79.9 Å². The number of nitrogens with zero attached hydrogens (tertiary/aromatic N) is 1. The molecule has 3 rings (SSSR count). The number of para-hydroxylation sites is 1. The summed E-state index contributed by atoms with van der Waals surface area (Å²) >= 11 is 0. The smallest absolute Gasteiger partial charge is 0.321 e. The van der Waals surface area contributed by atoms with Crippen LogP contribution in [0.3, 0.4) is 0 Å². The molecule has 1 heterocycles. The van der Waals surface area contributed by atoms with E-state index in [1.165, 1.54) is 0 Å². The van der Waals surface area contributed by atoms with Crippen molar-refractivity contribution in [2.24, 2.45) is 5.92 Å². The predicted octanol–water partition coefficient (Wildman–Crippen LogP) is 3.77. The molecule has 1 aliphatic rings. The summed E-state index contributed by atoms with van der Waals surface area (Å²) in [5.41, 5.74) is 1.35. The van der Waals surface area contributed by atoms with Gasteiger partial charge in [0.25, 0.3) is 5.91 Å². The van der Waals surface area contributed by atoms with Crippen molar-refractivity contribution in [1.29, 1.82) is 0 Å². The molecule has 2 aromatic rings. The number of anilines is 1. The zero-order valence-corrected chi connectivity index (χ0v) is 17.5. The van der Waals surface area contributed by atoms with E-state index in [0.29, 0.717) is 29.5 Å². The van der Waals surface area contributed by atoms with Gasteiger partial charge in [-0.15, -0.1) is 0 Å². The first-order valence-corrected chi connectivity index (χ1v) is 10.2. The normalized spacial score (nSPS) is 14.1. The van der Waals surface area contributed by atoms with Gasteiger partial charge in [0.05, 0.1) is 14.2 Å². The highest BCUT2D eigenvalue weighted by molar-refractivity contribution is 5.94. The van der Waals surface area contributed by atoms with Gasteiger partial charge in [0.15, 0.2) is 11.5 Å². The van der Waals surface area contributed by atoms with Gasteiger partial charge in [-0.25, -0.2) is 4.79 Å². The second-order valence-corrected chi connectivity index (χ2v) is 7.34. The zero-order chi connectivity index (χ0) is 21.3. The molecule has 0 radical (unpaired) electrons. The first-order valence-electron chi connectivity index (χ1n) is 10.2. The van der Waals surface area contributed by atoms with Crippen LogP contribution in [0.1, 0.15) is 29.6 Å². The van der Waals surface area contributed by atoms with Gasteiger partial charge < -0.3 is 25.0 Å². The number of piperidine rings is 1. The fraction of sp³-hybridized carbons (Fsp3) is 0.391. The van der Waals surface area contributed by atoms with Gasteiger partial charge in [-0.3, -0.25) is 4.79 Å². The average Bonchev–Trinajstić information content (AvgIpc) is 2.79. The average molecular weight is 412 g/mol. The van der Waals surface area contributed by atoms with Crippen LogP contribution in [-0.4, -0.2) is 50.7 Å². The fourth-order valence-corrected chi connectivity index (χ4v) is 3.62. The van der Waals surface area contributed by atoms with E-state index in [-0.39, 0.29) is 11.9 Å². The SMILES string of the molecule is COc1ccc(C(=O)NCCC2CCN(C(=O)Nc3ccccc3)CC2)cc1OC. The summed E-state index contributed by atoms with van der Waals surface area (Å²) in [5, 5.41) is 5.90. The molecule has 30 heavy (non-hydrogen) atoms. The van der Waals surface area contributed by atoms with E-state index >= 15 is 0 Å². The first kappa shape index (κ1) is 21.5. The van der Waals surface area contributed by atoms with Gasteiger partial charge in [0.1, 0.15) is 0 Å². The van der Waals surface area contributed by atoms with Gasteiger partial charge in [-0.05, 0) is 55.5 Å². The quantitative estimate of drug-likeness (QED) is 0.727. The van der Waals surface area contributed by atoms with Crippen LogP contribution in [-0.2, 0) is 0 Å². The maximum absolute atomic E-state index is 12.4. The van der Waals surface area contributed by atoms with E-state index < -0.39 is 0 Å². The standard InChI is InChI=1S/C23H29N3O4/c1-29-20-9-8-18(16-21(20)30-2)22(27)24-13-10-17-11-14-26(15-12-17)23(28)25-19-6-4-3-5-7-19/h3-9,16-17H,10-15H2,1-2H3,(H,24,27)(H,25,28). The molecule has 0 atom stereocenters. The summed E-state index contributed by atoms with van der Waals surface area (Å²) in [6.45, 7) is 2.06. The van der Waals surface area contributed by atoms with Crippen LogP contribution < -0.4 is 20.1 Å². The van der Waals surface area contributed by atoms with Gasteiger partial charge in [-0.2, -0.15) is 0 Å². The first-order chi connectivity index (χ1) is 14.6. The van der Waals surface area contributed by atoms with Gasteiger partial charge in [-0.1, -0.05) is 18.2 Å². The maximum Gasteiger partial charge on any atom is 0.321 e. The van der Waals surface area contributed by atoms with Gasteiger partial charge >= 0.3 is 6.03 Å². The van der Waals surface area contributed by atoms with E-state index in [1.54, 1.807) is 32.4 Å². The van der Waals surface area contributed by atoms with E-state index in [1.807, 2.05) is 35.2 Å². The number of likely N-dealkylation sites (tertiary alicyclic amines) is 1. The number of ether oxygens (including phenoxy) is 2. The number of hydrogen-bond acceptors (Lipinski definition) is 4. The van der Waals surface area contributed by atoms with Crippen LogP contribution in [0.5, 0.6) is 11.5 Å². The Balaban J connectivity index is 1.39. The van der Waals surface area contributed by atoms with Crippen molar-refractivity contribution in [1.82, 2.24) is 10.2 Å². The Kier molecular flexibility index (Phi) is 7.54. The molecule has 0 aromatic heterocycles. The van der Waals surface area contributed by atoms with Gasteiger partial charge in [0, 0.05) is 30.9 Å². The lowest BCUT2D eigenvalue weighted by Gasteiger charge is -2.32. The highest BCUT2D eigenvalue weighted by atomic mass is 16.5. The van der Waals surface area contributed by atoms with Crippen molar-refractivity contribution in [2.75, 3.05) is 39.2 Å².